The van der Waals surface area contributed by atoms with Gasteiger partial charge >= 0.3 is 0 Å². The van der Waals surface area contributed by atoms with Gasteiger partial charge in [0.25, 0.3) is 0 Å². The molecule has 0 radical (unpaired) electrons. The molecule has 2 aromatic rings. The highest BCUT2D eigenvalue weighted by Gasteiger charge is 2.31. The third-order valence-corrected chi connectivity index (χ3v) is 6.23. The fraction of sp³-hybridized carbons (Fsp3) is 0.421. The lowest BCUT2D eigenvalue weighted by molar-refractivity contribution is 0.134. The number of nitrogens with zero attached hydrogens (tertiary/aromatic N) is 1. The molecule has 0 unspecified atom stereocenters. The molecule has 1 saturated heterocycles. The van der Waals surface area contributed by atoms with E-state index in [1.54, 1.807) is 12.1 Å². The summed E-state index contributed by atoms with van der Waals surface area (Å²) in [5, 5.41) is 3.40. The second-order valence-electron chi connectivity index (χ2n) is 6.92. The van der Waals surface area contributed by atoms with E-state index in [0.717, 1.165) is 36.5 Å². The number of rotatable bonds is 3. The number of pyridine rings is 1. The molecule has 1 aromatic carbocycles. The molecule has 1 fully saturated rings. The van der Waals surface area contributed by atoms with Crippen molar-refractivity contribution in [3.63, 3.8) is 0 Å². The van der Waals surface area contributed by atoms with E-state index >= 15 is 0 Å². The Hall–Kier alpha value is -1.92. The zero-order valence-corrected chi connectivity index (χ0v) is 15.1. The maximum Gasteiger partial charge on any atom is 0.177 e. The van der Waals surface area contributed by atoms with Gasteiger partial charge in [-0.2, -0.15) is 0 Å². The molecule has 0 spiro atoms. The molecule has 3 heterocycles. The minimum Gasteiger partial charge on any atom is -0.490 e. The van der Waals surface area contributed by atoms with Crippen LogP contribution in [-0.4, -0.2) is 38.9 Å². The predicted octanol–water partition coefficient (Wildman–Crippen LogP) is 2.46. The zero-order valence-electron chi connectivity index (χ0n) is 14.2. The summed E-state index contributed by atoms with van der Waals surface area (Å²) in [6.45, 7) is 2.14. The van der Waals surface area contributed by atoms with Crippen molar-refractivity contribution in [2.24, 2.45) is 5.92 Å². The van der Waals surface area contributed by atoms with Crippen LogP contribution in [0.3, 0.4) is 0 Å². The first-order valence-electron chi connectivity index (χ1n) is 8.67. The van der Waals surface area contributed by atoms with Gasteiger partial charge in [-0.3, -0.25) is 4.98 Å². The molecule has 5 nitrogen and oxygen atoms in total. The molecule has 1 aromatic heterocycles. The van der Waals surface area contributed by atoms with Gasteiger partial charge < -0.3 is 10.1 Å². The standard InChI is InChI=1S/C19H22N2O3S/c1-25(22,23)16-3-4-17(21-12-16)14-2-5-18-15(10-14)11-19(24-18)13-6-8-20-9-7-13/h2-5,10,12-13,19-20H,6-9,11H2,1H3/t19-/m0/s1. The van der Waals surface area contributed by atoms with Gasteiger partial charge in [-0.05, 0) is 67.7 Å². The van der Waals surface area contributed by atoms with E-state index in [0.29, 0.717) is 5.92 Å². The third kappa shape index (κ3) is 3.41. The second-order valence-corrected chi connectivity index (χ2v) is 8.94. The van der Waals surface area contributed by atoms with Gasteiger partial charge in [-0.1, -0.05) is 0 Å². The van der Waals surface area contributed by atoms with Crippen molar-refractivity contribution in [2.45, 2.75) is 30.3 Å². The van der Waals surface area contributed by atoms with Crippen molar-refractivity contribution in [1.29, 1.82) is 0 Å². The molecule has 2 aliphatic rings. The van der Waals surface area contributed by atoms with E-state index in [-0.39, 0.29) is 11.0 Å². The number of hydrogen-bond acceptors (Lipinski definition) is 5. The first-order valence-corrected chi connectivity index (χ1v) is 10.6. The van der Waals surface area contributed by atoms with Crippen LogP contribution in [0, 0.1) is 5.92 Å². The number of hydrogen-bond donors (Lipinski definition) is 1. The number of ether oxygens (including phenoxy) is 1. The Labute approximate surface area is 148 Å². The van der Waals surface area contributed by atoms with Crippen LogP contribution in [0.2, 0.25) is 0 Å². The molecule has 4 rings (SSSR count). The average Bonchev–Trinajstić information content (AvgIpc) is 3.05. The molecule has 0 bridgehead atoms. The topological polar surface area (TPSA) is 68.3 Å². The maximum atomic E-state index is 11.6. The monoisotopic (exact) mass is 358 g/mol. The number of fused-ring (bicyclic) bond motifs is 1. The lowest BCUT2D eigenvalue weighted by Gasteiger charge is -2.27. The smallest absolute Gasteiger partial charge is 0.177 e. The Bertz CT molecular complexity index is 872. The lowest BCUT2D eigenvalue weighted by Crippen LogP contribution is -2.36. The van der Waals surface area contributed by atoms with E-state index in [1.165, 1.54) is 30.9 Å². The van der Waals surface area contributed by atoms with E-state index in [9.17, 15) is 8.42 Å². The van der Waals surface area contributed by atoms with Gasteiger partial charge in [0.1, 0.15) is 11.9 Å². The van der Waals surface area contributed by atoms with E-state index in [1.807, 2.05) is 12.1 Å². The Balaban J connectivity index is 1.55. The van der Waals surface area contributed by atoms with Crippen molar-refractivity contribution in [3.8, 4) is 17.0 Å². The molecule has 0 saturated carbocycles. The Morgan fingerprint density at radius 2 is 1.96 bits per heavy atom. The van der Waals surface area contributed by atoms with E-state index in [4.69, 9.17) is 4.74 Å². The van der Waals surface area contributed by atoms with Gasteiger partial charge in [0.15, 0.2) is 9.84 Å². The van der Waals surface area contributed by atoms with Crippen molar-refractivity contribution < 1.29 is 13.2 Å². The van der Waals surface area contributed by atoms with Crippen LogP contribution in [0.1, 0.15) is 18.4 Å². The van der Waals surface area contributed by atoms with Crippen LogP contribution in [0.5, 0.6) is 5.75 Å². The molecule has 2 aliphatic heterocycles. The Morgan fingerprint density at radius 1 is 1.16 bits per heavy atom. The van der Waals surface area contributed by atoms with Gasteiger partial charge in [0, 0.05) is 24.4 Å². The normalized spacial score (nSPS) is 20.9. The van der Waals surface area contributed by atoms with Gasteiger partial charge in [-0.25, -0.2) is 8.42 Å². The minimum atomic E-state index is -3.22. The van der Waals surface area contributed by atoms with Crippen molar-refractivity contribution in [2.75, 3.05) is 19.3 Å². The summed E-state index contributed by atoms with van der Waals surface area (Å²) in [5.74, 6) is 1.59. The van der Waals surface area contributed by atoms with Crippen LogP contribution in [-0.2, 0) is 16.3 Å². The summed E-state index contributed by atoms with van der Waals surface area (Å²) in [6, 6.07) is 9.50. The Morgan fingerprint density at radius 3 is 2.64 bits per heavy atom. The second kappa shape index (κ2) is 6.42. The molecule has 1 atom stereocenters. The third-order valence-electron chi connectivity index (χ3n) is 5.13. The highest BCUT2D eigenvalue weighted by atomic mass is 32.2. The van der Waals surface area contributed by atoms with E-state index < -0.39 is 9.84 Å². The van der Waals surface area contributed by atoms with Crippen LogP contribution in [0.15, 0.2) is 41.4 Å². The van der Waals surface area contributed by atoms with Gasteiger partial charge in [-0.15, -0.1) is 0 Å². The van der Waals surface area contributed by atoms with Crippen LogP contribution in [0.25, 0.3) is 11.3 Å². The number of nitrogens with one attached hydrogen (secondary N) is 1. The lowest BCUT2D eigenvalue weighted by atomic mass is 9.89. The van der Waals surface area contributed by atoms with E-state index in [2.05, 4.69) is 16.4 Å². The van der Waals surface area contributed by atoms with Gasteiger partial charge in [0.05, 0.1) is 10.6 Å². The molecule has 0 aliphatic carbocycles. The SMILES string of the molecule is CS(=O)(=O)c1ccc(-c2ccc3c(c2)C[C@@H](C2CCNCC2)O3)nc1. The molecule has 6 heteroatoms. The largest absolute Gasteiger partial charge is 0.490 e. The number of sulfone groups is 1. The highest BCUT2D eigenvalue weighted by molar-refractivity contribution is 7.90. The van der Waals surface area contributed by atoms with Crippen LogP contribution < -0.4 is 10.1 Å². The predicted molar refractivity (Wildman–Crippen MR) is 96.5 cm³/mol. The molecule has 25 heavy (non-hydrogen) atoms. The minimum absolute atomic E-state index is 0.242. The quantitative estimate of drug-likeness (QED) is 0.913. The summed E-state index contributed by atoms with van der Waals surface area (Å²) in [4.78, 5) is 4.56. The van der Waals surface area contributed by atoms with Crippen molar-refractivity contribution >= 4 is 9.84 Å². The van der Waals surface area contributed by atoms with Gasteiger partial charge in [0.2, 0.25) is 0 Å². The fourth-order valence-corrected chi connectivity index (χ4v) is 4.24. The van der Waals surface area contributed by atoms with Crippen LogP contribution in [0.4, 0.5) is 0 Å². The first-order chi connectivity index (χ1) is 12.0. The molecular formula is C19H22N2O3S. The maximum absolute atomic E-state index is 11.6. The highest BCUT2D eigenvalue weighted by Crippen LogP contribution is 2.36. The number of piperidine rings is 1. The first kappa shape index (κ1) is 16.5. The molecular weight excluding hydrogens is 336 g/mol. The zero-order chi connectivity index (χ0) is 17.4. The average molecular weight is 358 g/mol. The summed E-state index contributed by atoms with van der Waals surface area (Å²) in [5.41, 5.74) is 2.99. The number of aromatic nitrogens is 1. The molecule has 132 valence electrons. The summed E-state index contributed by atoms with van der Waals surface area (Å²) in [6.07, 6.45) is 6.16. The summed E-state index contributed by atoms with van der Waals surface area (Å²) in [7, 11) is -3.22. The Kier molecular flexibility index (Phi) is 4.25. The molecule has 0 amide bonds. The summed E-state index contributed by atoms with van der Waals surface area (Å²) < 4.78 is 29.3. The molecule has 1 N–H and O–H groups in total. The fourth-order valence-electron chi connectivity index (χ4n) is 3.68. The van der Waals surface area contributed by atoms with Crippen LogP contribution >= 0.6 is 0 Å². The number of benzene rings is 1. The van der Waals surface area contributed by atoms with Crippen molar-refractivity contribution in [1.82, 2.24) is 10.3 Å². The summed E-state index contributed by atoms with van der Waals surface area (Å²) >= 11 is 0. The van der Waals surface area contributed by atoms with Crippen molar-refractivity contribution in [3.05, 3.63) is 42.1 Å².